The number of carbonyl (C=O) groups is 1. The number of hydrogen-bond acceptors (Lipinski definition) is 5. The van der Waals surface area contributed by atoms with Gasteiger partial charge in [0, 0.05) is 25.1 Å². The Kier molecular flexibility index (Phi) is 6.18. The van der Waals surface area contributed by atoms with Gasteiger partial charge in [-0.1, -0.05) is 25.7 Å². The molecule has 156 valence electrons. The second kappa shape index (κ2) is 8.98. The largest absolute Gasteiger partial charge is 0.454 e. The van der Waals surface area contributed by atoms with Crippen LogP contribution in [-0.4, -0.2) is 28.3 Å². The molecule has 0 bridgehead atoms. The minimum Gasteiger partial charge on any atom is -0.454 e. The van der Waals surface area contributed by atoms with Gasteiger partial charge in [-0.15, -0.1) is 0 Å². The second-order valence-electron chi connectivity index (χ2n) is 7.85. The van der Waals surface area contributed by atoms with Crippen LogP contribution in [-0.2, 0) is 11.3 Å². The Hall–Kier alpha value is -2.35. The molecule has 1 amide bonds. The molecule has 2 aromatic rings. The SMILES string of the molecule is O=C(CCCCCn1c(=S)[nH]c2cc3c(cc2c1=O)OCO3)NC1CCCCC1. The number of benzene rings is 1. The molecule has 0 spiro atoms. The van der Waals surface area contributed by atoms with E-state index in [1.807, 2.05) is 0 Å². The van der Waals surface area contributed by atoms with E-state index in [0.717, 1.165) is 32.1 Å². The van der Waals surface area contributed by atoms with Gasteiger partial charge in [-0.25, -0.2) is 0 Å². The van der Waals surface area contributed by atoms with Gasteiger partial charge in [0.15, 0.2) is 16.3 Å². The molecule has 1 fully saturated rings. The topological polar surface area (TPSA) is 85.4 Å². The highest BCUT2D eigenvalue weighted by Gasteiger charge is 2.17. The summed E-state index contributed by atoms with van der Waals surface area (Å²) in [5, 5.41) is 3.69. The molecule has 29 heavy (non-hydrogen) atoms. The summed E-state index contributed by atoms with van der Waals surface area (Å²) in [5.41, 5.74) is 0.525. The van der Waals surface area contributed by atoms with E-state index in [-0.39, 0.29) is 18.3 Å². The van der Waals surface area contributed by atoms with Crippen LogP contribution in [0.15, 0.2) is 16.9 Å². The van der Waals surface area contributed by atoms with Gasteiger partial charge in [-0.2, -0.15) is 0 Å². The summed E-state index contributed by atoms with van der Waals surface area (Å²) >= 11 is 5.38. The Morgan fingerprint density at radius 3 is 2.69 bits per heavy atom. The lowest BCUT2D eigenvalue weighted by atomic mass is 9.95. The van der Waals surface area contributed by atoms with Crippen LogP contribution in [0.3, 0.4) is 0 Å². The van der Waals surface area contributed by atoms with E-state index < -0.39 is 0 Å². The molecule has 0 atom stereocenters. The van der Waals surface area contributed by atoms with E-state index in [1.165, 1.54) is 19.3 Å². The molecule has 2 heterocycles. The number of fused-ring (bicyclic) bond motifs is 2. The number of carbonyl (C=O) groups excluding carboxylic acids is 1. The summed E-state index contributed by atoms with van der Waals surface area (Å²) in [7, 11) is 0. The van der Waals surface area contributed by atoms with Crippen LogP contribution < -0.4 is 20.3 Å². The van der Waals surface area contributed by atoms with E-state index in [9.17, 15) is 9.59 Å². The van der Waals surface area contributed by atoms with Gasteiger partial charge in [0.1, 0.15) is 0 Å². The normalized spacial score (nSPS) is 16.3. The number of hydrogen-bond donors (Lipinski definition) is 2. The third-order valence-electron chi connectivity index (χ3n) is 5.73. The first-order valence-electron chi connectivity index (χ1n) is 10.5. The van der Waals surface area contributed by atoms with Gasteiger partial charge in [-0.3, -0.25) is 14.2 Å². The molecule has 1 aliphatic heterocycles. The molecule has 4 rings (SSSR count). The molecular formula is C21H27N3O4S. The lowest BCUT2D eigenvalue weighted by Crippen LogP contribution is -2.35. The van der Waals surface area contributed by atoms with Crippen molar-refractivity contribution in [3.05, 3.63) is 27.3 Å². The summed E-state index contributed by atoms with van der Waals surface area (Å²) < 4.78 is 12.7. The standard InChI is InChI=1S/C21H27N3O4S/c25-19(22-14-7-3-1-4-8-14)9-5-2-6-10-24-20(26)15-11-17-18(28-13-27-17)12-16(15)23-21(24)29/h11-12,14H,1-10,13H2,(H,22,25)(H,23,29). The third kappa shape index (κ3) is 4.63. The van der Waals surface area contributed by atoms with Crippen LogP contribution in [0.2, 0.25) is 0 Å². The van der Waals surface area contributed by atoms with Gasteiger partial charge in [0.05, 0.1) is 10.9 Å². The number of ether oxygens (including phenoxy) is 2. The molecule has 8 heteroatoms. The minimum absolute atomic E-state index is 0.128. The van der Waals surface area contributed by atoms with Crippen LogP contribution in [0, 0.1) is 4.77 Å². The maximum atomic E-state index is 12.9. The number of unbranched alkanes of at least 4 members (excludes halogenated alkanes) is 2. The van der Waals surface area contributed by atoms with E-state index in [4.69, 9.17) is 21.7 Å². The highest BCUT2D eigenvalue weighted by Crippen LogP contribution is 2.34. The van der Waals surface area contributed by atoms with Crippen LogP contribution in [0.4, 0.5) is 0 Å². The van der Waals surface area contributed by atoms with Crippen LogP contribution in [0.5, 0.6) is 11.5 Å². The van der Waals surface area contributed by atoms with Gasteiger partial charge in [0.2, 0.25) is 12.7 Å². The molecule has 0 saturated heterocycles. The summed E-state index contributed by atoms with van der Waals surface area (Å²) in [5.74, 6) is 1.34. The van der Waals surface area contributed by atoms with Crippen molar-refractivity contribution in [2.75, 3.05) is 6.79 Å². The first-order chi connectivity index (χ1) is 14.1. The fraction of sp³-hybridized carbons (Fsp3) is 0.571. The number of nitrogens with one attached hydrogen (secondary N) is 2. The molecule has 0 radical (unpaired) electrons. The summed E-state index contributed by atoms with van der Waals surface area (Å²) in [6, 6.07) is 3.82. The van der Waals surface area contributed by atoms with E-state index in [0.29, 0.717) is 46.2 Å². The van der Waals surface area contributed by atoms with E-state index in [2.05, 4.69) is 10.3 Å². The highest BCUT2D eigenvalue weighted by molar-refractivity contribution is 7.71. The molecule has 7 nitrogen and oxygen atoms in total. The first kappa shape index (κ1) is 19.9. The summed E-state index contributed by atoms with van der Waals surface area (Å²) in [6.07, 6.45) is 8.95. The van der Waals surface area contributed by atoms with Crippen molar-refractivity contribution in [3.8, 4) is 11.5 Å². The average molecular weight is 418 g/mol. The minimum atomic E-state index is -0.128. The number of H-pyrrole nitrogens is 1. The zero-order valence-electron chi connectivity index (χ0n) is 16.5. The number of aromatic amines is 1. The molecule has 1 aromatic heterocycles. The van der Waals surface area contributed by atoms with Crippen molar-refractivity contribution in [3.63, 3.8) is 0 Å². The number of aromatic nitrogens is 2. The van der Waals surface area contributed by atoms with E-state index >= 15 is 0 Å². The number of rotatable bonds is 7. The van der Waals surface area contributed by atoms with Crippen LogP contribution in [0.1, 0.15) is 57.8 Å². The third-order valence-corrected chi connectivity index (χ3v) is 6.05. The first-order valence-corrected chi connectivity index (χ1v) is 10.9. The van der Waals surface area contributed by atoms with Gasteiger partial charge >= 0.3 is 0 Å². The molecule has 2 aliphatic rings. The lowest BCUT2D eigenvalue weighted by Gasteiger charge is -2.22. The Labute approximate surface area is 174 Å². The fourth-order valence-corrected chi connectivity index (χ4v) is 4.41. The zero-order valence-corrected chi connectivity index (χ0v) is 17.3. The maximum Gasteiger partial charge on any atom is 0.262 e. The second-order valence-corrected chi connectivity index (χ2v) is 8.24. The maximum absolute atomic E-state index is 12.9. The van der Waals surface area contributed by atoms with Gasteiger partial charge in [-0.05, 0) is 44.0 Å². The Bertz CT molecular complexity index is 1010. The summed E-state index contributed by atoms with van der Waals surface area (Å²) in [4.78, 5) is 28.1. The average Bonchev–Trinajstić information content (AvgIpc) is 3.17. The molecule has 1 aliphatic carbocycles. The highest BCUT2D eigenvalue weighted by atomic mass is 32.1. The van der Waals surface area contributed by atoms with Crippen molar-refractivity contribution in [2.45, 2.75) is 70.4 Å². The molecule has 1 aromatic carbocycles. The fourth-order valence-electron chi connectivity index (χ4n) is 4.12. The zero-order chi connectivity index (χ0) is 20.2. The van der Waals surface area contributed by atoms with Gasteiger partial charge in [0.25, 0.3) is 5.56 Å². The van der Waals surface area contributed by atoms with Crippen LogP contribution in [0.25, 0.3) is 10.9 Å². The number of amides is 1. The Balaban J connectivity index is 1.30. The molecule has 1 saturated carbocycles. The quantitative estimate of drug-likeness (QED) is 0.529. The van der Waals surface area contributed by atoms with Crippen molar-refractivity contribution in [2.24, 2.45) is 0 Å². The van der Waals surface area contributed by atoms with Crippen molar-refractivity contribution >= 4 is 29.0 Å². The Morgan fingerprint density at radius 2 is 1.90 bits per heavy atom. The predicted molar refractivity (Wildman–Crippen MR) is 113 cm³/mol. The van der Waals surface area contributed by atoms with Crippen molar-refractivity contribution in [1.82, 2.24) is 14.9 Å². The molecule has 2 N–H and O–H groups in total. The molecular weight excluding hydrogens is 390 g/mol. The smallest absolute Gasteiger partial charge is 0.262 e. The van der Waals surface area contributed by atoms with Crippen molar-refractivity contribution < 1.29 is 14.3 Å². The predicted octanol–water partition coefficient (Wildman–Crippen LogP) is 3.80. The summed E-state index contributed by atoms with van der Waals surface area (Å²) in [6.45, 7) is 0.692. The Morgan fingerprint density at radius 1 is 1.14 bits per heavy atom. The lowest BCUT2D eigenvalue weighted by molar-refractivity contribution is -0.122. The van der Waals surface area contributed by atoms with Crippen molar-refractivity contribution in [1.29, 1.82) is 0 Å². The molecule has 0 unspecified atom stereocenters. The van der Waals surface area contributed by atoms with E-state index in [1.54, 1.807) is 16.7 Å². The monoisotopic (exact) mass is 417 g/mol. The number of nitrogens with zero attached hydrogens (tertiary/aromatic N) is 1. The van der Waals surface area contributed by atoms with Crippen LogP contribution >= 0.6 is 12.2 Å². The van der Waals surface area contributed by atoms with Gasteiger partial charge < -0.3 is 19.8 Å².